The second-order valence-electron chi connectivity index (χ2n) is 6.04. The van der Waals surface area contributed by atoms with Crippen molar-refractivity contribution in [3.63, 3.8) is 0 Å². The van der Waals surface area contributed by atoms with Crippen molar-refractivity contribution in [1.29, 1.82) is 0 Å². The molecule has 1 aromatic rings. The number of hydrogen-bond acceptors (Lipinski definition) is 1. The summed E-state index contributed by atoms with van der Waals surface area (Å²) in [7, 11) is 0. The second-order valence-corrected chi connectivity index (χ2v) is 6.04. The Hall–Kier alpha value is -0.820. The first kappa shape index (κ1) is 16.2. The smallest absolute Gasteiger partial charge is 0.00795 e. The second kappa shape index (κ2) is 8.37. The molecular formula is C18H31N. The summed E-state index contributed by atoms with van der Waals surface area (Å²) < 4.78 is 0. The molecule has 0 bridgehead atoms. The molecule has 19 heavy (non-hydrogen) atoms. The van der Waals surface area contributed by atoms with Gasteiger partial charge in [0.15, 0.2) is 0 Å². The van der Waals surface area contributed by atoms with Crippen LogP contribution in [0, 0.1) is 20.8 Å². The average molecular weight is 261 g/mol. The van der Waals surface area contributed by atoms with Crippen LogP contribution in [-0.2, 0) is 6.42 Å². The number of rotatable bonds is 8. The van der Waals surface area contributed by atoms with E-state index >= 15 is 0 Å². The molecule has 108 valence electrons. The number of unbranched alkanes of at least 4 members (excludes halogenated alkanes) is 4. The summed E-state index contributed by atoms with van der Waals surface area (Å²) in [4.78, 5) is 0. The third kappa shape index (κ3) is 5.78. The third-order valence-electron chi connectivity index (χ3n) is 3.99. The highest BCUT2D eigenvalue weighted by Gasteiger charge is 2.09. The molecule has 1 nitrogen and oxygen atoms in total. The predicted molar refractivity (Wildman–Crippen MR) is 85.7 cm³/mol. The zero-order valence-corrected chi connectivity index (χ0v) is 13.3. The number of hydrogen-bond donors (Lipinski definition) is 1. The molecule has 1 atom stereocenters. The molecule has 0 heterocycles. The van der Waals surface area contributed by atoms with Gasteiger partial charge >= 0.3 is 0 Å². The van der Waals surface area contributed by atoms with Crippen molar-refractivity contribution < 1.29 is 0 Å². The molecule has 0 saturated carbocycles. The van der Waals surface area contributed by atoms with Crippen LogP contribution in [-0.4, -0.2) is 6.04 Å². The Morgan fingerprint density at radius 1 is 0.947 bits per heavy atom. The first-order valence-electron chi connectivity index (χ1n) is 7.87. The van der Waals surface area contributed by atoms with E-state index in [1.54, 1.807) is 0 Å². The lowest BCUT2D eigenvalue weighted by molar-refractivity contribution is 0.537. The number of benzene rings is 1. The average Bonchev–Trinajstić information content (AvgIpc) is 2.33. The monoisotopic (exact) mass is 261 g/mol. The summed E-state index contributed by atoms with van der Waals surface area (Å²) >= 11 is 0. The van der Waals surface area contributed by atoms with Crippen molar-refractivity contribution in [3.05, 3.63) is 34.4 Å². The van der Waals surface area contributed by atoms with E-state index in [1.807, 2.05) is 0 Å². The van der Waals surface area contributed by atoms with Crippen LogP contribution in [0.4, 0.5) is 0 Å². The highest BCUT2D eigenvalue weighted by Crippen LogP contribution is 2.19. The number of nitrogens with two attached hydrogens (primary N) is 1. The van der Waals surface area contributed by atoms with Crippen molar-refractivity contribution in [2.75, 3.05) is 0 Å². The maximum Gasteiger partial charge on any atom is 0.00795 e. The van der Waals surface area contributed by atoms with Crippen LogP contribution < -0.4 is 5.73 Å². The largest absolute Gasteiger partial charge is 0.327 e. The van der Waals surface area contributed by atoms with Gasteiger partial charge in [-0.25, -0.2) is 0 Å². The predicted octanol–water partition coefficient (Wildman–Crippen LogP) is 4.84. The number of aryl methyl sites for hydroxylation is 3. The molecule has 1 aromatic carbocycles. The molecule has 0 aliphatic rings. The van der Waals surface area contributed by atoms with Crippen molar-refractivity contribution in [1.82, 2.24) is 0 Å². The van der Waals surface area contributed by atoms with Gasteiger partial charge in [0, 0.05) is 6.04 Å². The van der Waals surface area contributed by atoms with Crippen LogP contribution in [0.3, 0.4) is 0 Å². The Kier molecular flexibility index (Phi) is 7.15. The quantitative estimate of drug-likeness (QED) is 0.666. The minimum absolute atomic E-state index is 0.321. The molecule has 0 aliphatic carbocycles. The molecule has 0 amide bonds. The van der Waals surface area contributed by atoms with E-state index in [9.17, 15) is 0 Å². The van der Waals surface area contributed by atoms with Gasteiger partial charge in [-0.15, -0.1) is 0 Å². The van der Waals surface area contributed by atoms with E-state index in [0.717, 1.165) is 12.8 Å². The topological polar surface area (TPSA) is 26.0 Å². The highest BCUT2D eigenvalue weighted by atomic mass is 14.6. The van der Waals surface area contributed by atoms with E-state index < -0.39 is 0 Å². The Balaban J connectivity index is 2.42. The van der Waals surface area contributed by atoms with Crippen LogP contribution in [0.2, 0.25) is 0 Å². The van der Waals surface area contributed by atoms with Crippen molar-refractivity contribution >= 4 is 0 Å². The summed E-state index contributed by atoms with van der Waals surface area (Å²) in [5.74, 6) is 0. The minimum atomic E-state index is 0.321. The van der Waals surface area contributed by atoms with E-state index in [-0.39, 0.29) is 0 Å². The Labute approximate surface area is 119 Å². The van der Waals surface area contributed by atoms with Crippen LogP contribution >= 0.6 is 0 Å². The van der Waals surface area contributed by atoms with Gasteiger partial charge in [-0.1, -0.05) is 56.7 Å². The lowest BCUT2D eigenvalue weighted by Gasteiger charge is -2.16. The van der Waals surface area contributed by atoms with Gasteiger partial charge in [0.1, 0.15) is 0 Å². The van der Waals surface area contributed by atoms with E-state index in [0.29, 0.717) is 6.04 Å². The van der Waals surface area contributed by atoms with Gasteiger partial charge in [-0.2, -0.15) is 0 Å². The first-order chi connectivity index (χ1) is 9.04. The molecule has 2 N–H and O–H groups in total. The van der Waals surface area contributed by atoms with Crippen LogP contribution in [0.5, 0.6) is 0 Å². The summed E-state index contributed by atoms with van der Waals surface area (Å²) in [5.41, 5.74) is 11.9. The molecule has 1 heteroatoms. The molecule has 0 saturated heterocycles. The van der Waals surface area contributed by atoms with E-state index in [1.165, 1.54) is 54.4 Å². The molecule has 0 aliphatic heterocycles. The Morgan fingerprint density at radius 2 is 1.53 bits per heavy atom. The minimum Gasteiger partial charge on any atom is -0.327 e. The van der Waals surface area contributed by atoms with Gasteiger partial charge in [-0.05, 0) is 50.3 Å². The first-order valence-corrected chi connectivity index (χ1v) is 7.87. The Bertz CT molecular complexity index is 358. The van der Waals surface area contributed by atoms with Crippen LogP contribution in [0.15, 0.2) is 12.1 Å². The van der Waals surface area contributed by atoms with Gasteiger partial charge in [0.05, 0.1) is 0 Å². The molecular weight excluding hydrogens is 230 g/mol. The fraction of sp³-hybridized carbons (Fsp3) is 0.667. The van der Waals surface area contributed by atoms with Gasteiger partial charge in [0.2, 0.25) is 0 Å². The van der Waals surface area contributed by atoms with Gasteiger partial charge < -0.3 is 5.73 Å². The van der Waals surface area contributed by atoms with E-state index in [4.69, 9.17) is 5.73 Å². The Morgan fingerprint density at radius 3 is 2.11 bits per heavy atom. The third-order valence-corrected chi connectivity index (χ3v) is 3.99. The summed E-state index contributed by atoms with van der Waals surface area (Å²) in [5, 5.41) is 0. The molecule has 1 rings (SSSR count). The normalized spacial score (nSPS) is 12.7. The van der Waals surface area contributed by atoms with Crippen molar-refractivity contribution in [2.45, 2.75) is 78.7 Å². The van der Waals surface area contributed by atoms with Crippen LogP contribution in [0.1, 0.15) is 67.7 Å². The summed E-state index contributed by atoms with van der Waals surface area (Å²) in [6, 6.07) is 4.87. The van der Waals surface area contributed by atoms with Crippen LogP contribution in [0.25, 0.3) is 0 Å². The molecule has 1 unspecified atom stereocenters. The molecule has 0 fully saturated rings. The SMILES string of the molecule is CCCCCCCC(N)Cc1c(C)cc(C)cc1C. The maximum absolute atomic E-state index is 6.30. The molecule has 0 radical (unpaired) electrons. The van der Waals surface area contributed by atoms with Crippen molar-refractivity contribution in [3.8, 4) is 0 Å². The fourth-order valence-electron chi connectivity index (χ4n) is 2.91. The summed E-state index contributed by atoms with van der Waals surface area (Å²) in [6.45, 7) is 8.85. The molecule has 0 aromatic heterocycles. The van der Waals surface area contributed by atoms with Crippen molar-refractivity contribution in [2.24, 2.45) is 5.73 Å². The summed E-state index contributed by atoms with van der Waals surface area (Å²) in [6.07, 6.45) is 8.87. The fourth-order valence-corrected chi connectivity index (χ4v) is 2.91. The van der Waals surface area contributed by atoms with Gasteiger partial charge in [-0.3, -0.25) is 0 Å². The zero-order chi connectivity index (χ0) is 14.3. The zero-order valence-electron chi connectivity index (χ0n) is 13.3. The highest BCUT2D eigenvalue weighted by molar-refractivity contribution is 5.37. The van der Waals surface area contributed by atoms with E-state index in [2.05, 4.69) is 39.8 Å². The molecule has 0 spiro atoms. The lowest BCUT2D eigenvalue weighted by atomic mass is 9.93. The maximum atomic E-state index is 6.30. The standard InChI is InChI=1S/C18H31N/c1-5-6-7-8-9-10-17(19)13-18-15(3)11-14(2)12-16(18)4/h11-12,17H,5-10,13,19H2,1-4H3. The lowest BCUT2D eigenvalue weighted by Crippen LogP contribution is -2.23. The van der Waals surface area contributed by atoms with Gasteiger partial charge in [0.25, 0.3) is 0 Å².